The van der Waals surface area contributed by atoms with Crippen molar-refractivity contribution in [3.63, 3.8) is 0 Å². The van der Waals surface area contributed by atoms with Gasteiger partial charge in [-0.2, -0.15) is 62.5 Å². The second kappa shape index (κ2) is 27.9. The van der Waals surface area contributed by atoms with Crippen molar-refractivity contribution in [3.05, 3.63) is 83.1 Å². The molecule has 0 saturated heterocycles. The highest BCUT2D eigenvalue weighted by Gasteiger charge is 2.62. The SMILES string of the molecule is CC1(C)CC=CC[C@](OCc2ccccc2)(C(F)(F)F)c2nnc(o2)-c2nc(c(C(F)(F)F)cc2N(C(=O)OC(C)(C)C)C(=O)OC(C)(C)C)OC1.CC1(C)CCCC[C@](O)(C(F)(F)F)c2nnc(o2)-c2nc(c(C(F)(F)F)cc2N(C(=O)OC(C)(C)C)C(=O)OC(C)(C)C)OC1. The molecule has 0 unspecified atom stereocenters. The lowest BCUT2D eigenvalue weighted by Crippen LogP contribution is -2.45. The molecule has 0 radical (unpaired) electrons. The number of carbonyl (C=O) groups excluding carboxylic acids is 4. The summed E-state index contributed by atoms with van der Waals surface area (Å²) in [5, 5.41) is 25.0. The van der Waals surface area contributed by atoms with E-state index in [9.17, 15) is 63.8 Å². The Balaban J connectivity index is 0.000000310. The molecule has 536 valence electrons. The molecular formula is C63H76F12N8O14. The molecule has 0 saturated carbocycles. The lowest BCUT2D eigenvalue weighted by molar-refractivity contribution is -0.295. The van der Waals surface area contributed by atoms with Gasteiger partial charge in [0.25, 0.3) is 23.6 Å². The van der Waals surface area contributed by atoms with Crippen molar-refractivity contribution in [2.75, 3.05) is 23.0 Å². The third kappa shape index (κ3) is 19.9. The zero-order chi connectivity index (χ0) is 73.3. The lowest BCUT2D eigenvalue weighted by Gasteiger charge is -2.32. The number of aromatic nitrogens is 6. The monoisotopic (exact) mass is 1400 g/mol. The molecule has 2 aliphatic rings. The zero-order valence-corrected chi connectivity index (χ0v) is 55.9. The van der Waals surface area contributed by atoms with Crippen LogP contribution in [-0.4, -0.2) is 108 Å². The number of alkyl halides is 12. The first-order valence-electron chi connectivity index (χ1n) is 30.0. The fourth-order valence-corrected chi connectivity index (χ4v) is 8.97. The summed E-state index contributed by atoms with van der Waals surface area (Å²) in [6.45, 7) is 22.4. The number of nitrogens with zero attached hydrogens (tertiary/aromatic N) is 8. The number of pyridine rings is 2. The van der Waals surface area contributed by atoms with Gasteiger partial charge in [0, 0.05) is 11.8 Å². The van der Waals surface area contributed by atoms with Crippen LogP contribution in [0.5, 0.6) is 11.8 Å². The Hall–Kier alpha value is -8.30. The lowest BCUT2D eigenvalue weighted by atomic mass is 9.86. The van der Waals surface area contributed by atoms with Crippen LogP contribution >= 0.6 is 0 Å². The van der Waals surface area contributed by atoms with E-state index in [0.717, 1.165) is 0 Å². The molecule has 7 rings (SSSR count). The number of ether oxygens (including phenoxy) is 7. The number of amides is 4. The molecule has 0 spiro atoms. The van der Waals surface area contributed by atoms with Crippen molar-refractivity contribution in [1.29, 1.82) is 0 Å². The van der Waals surface area contributed by atoms with Gasteiger partial charge < -0.3 is 47.1 Å². The van der Waals surface area contributed by atoms with Crippen LogP contribution in [0.1, 0.15) is 178 Å². The molecule has 1 N–H and O–H groups in total. The number of halogens is 12. The van der Waals surface area contributed by atoms with Crippen LogP contribution in [-0.2, 0) is 53.8 Å². The maximum Gasteiger partial charge on any atom is 0.426 e. The van der Waals surface area contributed by atoms with E-state index in [1.807, 2.05) is 0 Å². The molecule has 1 aromatic carbocycles. The second-order valence-electron chi connectivity index (χ2n) is 28.3. The first-order valence-corrected chi connectivity index (χ1v) is 30.0. The van der Waals surface area contributed by atoms with Gasteiger partial charge in [-0.25, -0.2) is 29.1 Å². The molecule has 8 bridgehead atoms. The van der Waals surface area contributed by atoms with Crippen LogP contribution < -0.4 is 19.3 Å². The van der Waals surface area contributed by atoms with E-state index in [1.54, 1.807) is 58.0 Å². The Kier molecular flexibility index (Phi) is 22.4. The van der Waals surface area contributed by atoms with Gasteiger partial charge in [-0.3, -0.25) is 0 Å². The molecule has 2 aliphatic heterocycles. The summed E-state index contributed by atoms with van der Waals surface area (Å²) in [5.41, 5.74) is -20.1. The Morgan fingerprint density at radius 3 is 1.29 bits per heavy atom. The molecule has 4 aromatic heterocycles. The van der Waals surface area contributed by atoms with Crippen molar-refractivity contribution in [2.24, 2.45) is 10.8 Å². The van der Waals surface area contributed by atoms with E-state index < -0.39 is 189 Å². The van der Waals surface area contributed by atoms with Crippen molar-refractivity contribution in [3.8, 4) is 34.9 Å². The number of hydrogen-bond acceptors (Lipinski definition) is 20. The highest BCUT2D eigenvalue weighted by Crippen LogP contribution is 2.50. The highest BCUT2D eigenvalue weighted by atomic mass is 19.4. The summed E-state index contributed by atoms with van der Waals surface area (Å²) in [6, 6.07) is 8.67. The number of rotatable bonds is 5. The van der Waals surface area contributed by atoms with Crippen molar-refractivity contribution < 1.29 is 119 Å². The van der Waals surface area contributed by atoms with Crippen LogP contribution in [0.2, 0.25) is 0 Å². The molecular weight excluding hydrogens is 1320 g/mol. The summed E-state index contributed by atoms with van der Waals surface area (Å²) in [6.07, 6.45) is -25.7. The molecule has 0 fully saturated rings. The standard InChI is InChI=1S/C35H40F6N4O7.C28H36F6N4O7/c1-30(2,3)51-28(46)45(29(47)52-31(4,5)6)23-18-22(34(36,37)38)25-42-24(23)26-43-44-27(50-26)33(35(39,40)41,49-19-21-14-10-9-11-15-21)17-13-12-16-32(7,8)20-48-25;1-23(2,3)44-21(39)38(22(40)45-24(4,5)6)16-13-15(27(29,30)31)18-35-17(16)19-36-37-20(43-19)26(41,28(32,33)34)12-10-9-11-25(7,8)14-42-18/h9-15,18H,16-17,19-20H2,1-8H3;13,41H,9-12,14H2,1-8H3/t33-;26-/m11/s1. The average Bonchev–Trinajstić information content (AvgIpc) is 1.73. The molecule has 97 heavy (non-hydrogen) atoms. The first-order chi connectivity index (χ1) is 44.1. The van der Waals surface area contributed by atoms with Gasteiger partial charge >= 0.3 is 49.1 Å². The van der Waals surface area contributed by atoms with Crippen LogP contribution in [0.4, 0.5) is 83.2 Å². The van der Waals surface area contributed by atoms with Crippen molar-refractivity contribution >= 4 is 35.7 Å². The Morgan fingerprint density at radius 1 is 0.515 bits per heavy atom. The predicted octanol–water partition coefficient (Wildman–Crippen LogP) is 17.1. The smallest absolute Gasteiger partial charge is 0.426 e. The van der Waals surface area contributed by atoms with E-state index in [-0.39, 0.29) is 42.1 Å². The zero-order valence-electron chi connectivity index (χ0n) is 55.9. The highest BCUT2D eigenvalue weighted by molar-refractivity contribution is 6.12. The number of imide groups is 2. The van der Waals surface area contributed by atoms with E-state index in [4.69, 9.17) is 42.0 Å². The third-order valence-corrected chi connectivity index (χ3v) is 13.6. The van der Waals surface area contributed by atoms with Gasteiger partial charge in [-0.15, -0.1) is 20.4 Å². The summed E-state index contributed by atoms with van der Waals surface area (Å²) < 4.78 is 224. The average molecular weight is 1400 g/mol. The van der Waals surface area contributed by atoms with Crippen molar-refractivity contribution in [1.82, 2.24) is 30.4 Å². The summed E-state index contributed by atoms with van der Waals surface area (Å²) in [5.74, 6) is -6.38. The Bertz CT molecular complexity index is 3600. The Labute approximate surface area is 549 Å². The molecule has 34 heteroatoms. The van der Waals surface area contributed by atoms with Crippen LogP contribution in [0.25, 0.3) is 23.2 Å². The molecule has 2 atom stereocenters. The van der Waals surface area contributed by atoms with Crippen LogP contribution in [0, 0.1) is 10.8 Å². The molecule has 4 amide bonds. The topological polar surface area (TPSA) is 263 Å². The van der Waals surface area contributed by atoms with Gasteiger partial charge in [-0.05, 0) is 132 Å². The summed E-state index contributed by atoms with van der Waals surface area (Å²) in [7, 11) is 0. The molecule has 22 nitrogen and oxygen atoms in total. The number of fused-ring (bicyclic) bond motifs is 10. The van der Waals surface area contributed by atoms with Crippen LogP contribution in [0.3, 0.4) is 0 Å². The fraction of sp³-hybridized carbons (Fsp3) is 0.587. The minimum Gasteiger partial charge on any atom is -0.477 e. The summed E-state index contributed by atoms with van der Waals surface area (Å²) >= 11 is 0. The van der Waals surface area contributed by atoms with E-state index in [1.165, 1.54) is 95.2 Å². The second-order valence-corrected chi connectivity index (χ2v) is 28.3. The maximum atomic E-state index is 15.3. The Morgan fingerprint density at radius 2 is 0.897 bits per heavy atom. The summed E-state index contributed by atoms with van der Waals surface area (Å²) in [4.78, 5) is 62.0. The van der Waals surface area contributed by atoms with E-state index >= 15 is 13.2 Å². The van der Waals surface area contributed by atoms with Gasteiger partial charge in [0.2, 0.25) is 23.0 Å². The van der Waals surface area contributed by atoms with Gasteiger partial charge in [-0.1, -0.05) is 76.6 Å². The largest absolute Gasteiger partial charge is 0.477 e. The third-order valence-electron chi connectivity index (χ3n) is 13.6. The normalized spacial score (nSPS) is 18.9. The van der Waals surface area contributed by atoms with Crippen molar-refractivity contribution in [2.45, 2.75) is 214 Å². The molecule has 0 aliphatic carbocycles. The minimum atomic E-state index is -5.30. The van der Waals surface area contributed by atoms with Gasteiger partial charge in [0.05, 0.1) is 31.2 Å². The number of allylic oxidation sites excluding steroid dienone is 1. The first kappa shape index (κ1) is 77.7. The van der Waals surface area contributed by atoms with E-state index in [0.29, 0.717) is 17.7 Å². The quantitative estimate of drug-likeness (QED) is 0.0973. The molecule has 6 heterocycles. The maximum absolute atomic E-state index is 15.3. The number of aliphatic hydroxyl groups is 1. The number of carbonyl (C=O) groups is 4. The fourth-order valence-electron chi connectivity index (χ4n) is 8.97. The van der Waals surface area contributed by atoms with Gasteiger partial charge in [0.1, 0.15) is 33.5 Å². The molecule has 5 aromatic rings. The van der Waals surface area contributed by atoms with Gasteiger partial charge in [0.15, 0.2) is 11.4 Å². The van der Waals surface area contributed by atoms with E-state index in [2.05, 4.69) is 30.4 Å². The minimum absolute atomic E-state index is 0.0616. The number of benzene rings is 1. The predicted molar refractivity (Wildman–Crippen MR) is 319 cm³/mol. The van der Waals surface area contributed by atoms with Crippen LogP contribution in [0.15, 0.2) is 63.5 Å². The number of hydrogen-bond donors (Lipinski definition) is 1. The number of anilines is 2.